The van der Waals surface area contributed by atoms with Crippen molar-refractivity contribution >= 4 is 0 Å². The predicted molar refractivity (Wildman–Crippen MR) is 60.6 cm³/mol. The van der Waals surface area contributed by atoms with Gasteiger partial charge in [-0.05, 0) is 33.2 Å². The zero-order valence-corrected chi connectivity index (χ0v) is 9.88. The fraction of sp³-hybridized carbons (Fsp3) is 1.00. The van der Waals surface area contributed by atoms with Crippen molar-refractivity contribution in [2.45, 2.75) is 70.6 Å². The van der Waals surface area contributed by atoms with E-state index in [1.165, 1.54) is 38.5 Å². The first-order valence-corrected chi connectivity index (χ1v) is 6.10. The summed E-state index contributed by atoms with van der Waals surface area (Å²) in [5, 5.41) is 3.40. The molecule has 0 aliphatic carbocycles. The number of nitrogens with one attached hydrogen (secondary N) is 1. The van der Waals surface area contributed by atoms with E-state index < -0.39 is 0 Å². The minimum absolute atomic E-state index is 0.465. The van der Waals surface area contributed by atoms with Gasteiger partial charge < -0.3 is 10.1 Å². The van der Waals surface area contributed by atoms with E-state index in [2.05, 4.69) is 26.2 Å². The van der Waals surface area contributed by atoms with Gasteiger partial charge in [0.05, 0.1) is 12.2 Å². The second kappa shape index (κ2) is 6.41. The lowest BCUT2D eigenvalue weighted by Gasteiger charge is -2.23. The molecule has 0 aromatic rings. The van der Waals surface area contributed by atoms with Crippen LogP contribution in [0.2, 0.25) is 0 Å². The van der Waals surface area contributed by atoms with Crippen LogP contribution in [0, 0.1) is 0 Å². The molecule has 1 saturated heterocycles. The van der Waals surface area contributed by atoms with Crippen molar-refractivity contribution in [2.75, 3.05) is 7.05 Å². The molecular weight excluding hydrogens is 174 g/mol. The largest absolute Gasteiger partial charge is 0.374 e. The van der Waals surface area contributed by atoms with Crippen LogP contribution in [0.1, 0.15) is 52.4 Å². The van der Waals surface area contributed by atoms with E-state index in [0.717, 1.165) is 0 Å². The Morgan fingerprint density at radius 3 is 2.64 bits per heavy atom. The van der Waals surface area contributed by atoms with Crippen molar-refractivity contribution in [2.24, 2.45) is 0 Å². The van der Waals surface area contributed by atoms with E-state index in [1.54, 1.807) is 0 Å². The molecule has 0 aromatic carbocycles. The van der Waals surface area contributed by atoms with Gasteiger partial charge in [-0.25, -0.2) is 0 Å². The van der Waals surface area contributed by atoms with Gasteiger partial charge in [0.25, 0.3) is 0 Å². The van der Waals surface area contributed by atoms with E-state index in [1.807, 2.05) is 0 Å². The number of unbranched alkanes of at least 4 members (excludes halogenated alkanes) is 2. The minimum Gasteiger partial charge on any atom is -0.374 e. The predicted octanol–water partition coefficient (Wildman–Crippen LogP) is 2.72. The maximum absolute atomic E-state index is 5.88. The third-order valence-corrected chi connectivity index (χ3v) is 3.20. The summed E-state index contributed by atoms with van der Waals surface area (Å²) >= 11 is 0. The number of hydrogen-bond acceptors (Lipinski definition) is 2. The molecule has 0 radical (unpaired) electrons. The van der Waals surface area contributed by atoms with Crippen molar-refractivity contribution in [3.63, 3.8) is 0 Å². The molecule has 1 rings (SSSR count). The van der Waals surface area contributed by atoms with Crippen molar-refractivity contribution < 1.29 is 4.74 Å². The highest BCUT2D eigenvalue weighted by molar-refractivity contribution is 4.81. The Labute approximate surface area is 88.4 Å². The molecular formula is C12H25NO. The topological polar surface area (TPSA) is 21.3 Å². The Kier molecular flexibility index (Phi) is 5.49. The highest BCUT2D eigenvalue weighted by atomic mass is 16.5. The van der Waals surface area contributed by atoms with Gasteiger partial charge in [0.1, 0.15) is 0 Å². The van der Waals surface area contributed by atoms with E-state index >= 15 is 0 Å². The number of likely N-dealkylation sites (N-methyl/N-ethyl adjacent to an activating group) is 1. The van der Waals surface area contributed by atoms with Gasteiger partial charge in [-0.1, -0.05) is 26.2 Å². The molecule has 14 heavy (non-hydrogen) atoms. The second-order valence-electron chi connectivity index (χ2n) is 4.45. The van der Waals surface area contributed by atoms with Gasteiger partial charge in [0, 0.05) is 6.04 Å². The highest BCUT2D eigenvalue weighted by Gasteiger charge is 2.27. The molecule has 1 fully saturated rings. The fourth-order valence-electron chi connectivity index (χ4n) is 2.26. The first-order chi connectivity index (χ1) is 6.77. The fourth-order valence-corrected chi connectivity index (χ4v) is 2.26. The molecule has 0 saturated carbocycles. The van der Waals surface area contributed by atoms with Crippen LogP contribution in [0.3, 0.4) is 0 Å². The van der Waals surface area contributed by atoms with E-state index in [0.29, 0.717) is 18.2 Å². The number of ether oxygens (including phenoxy) is 1. The molecule has 0 amide bonds. The Hall–Kier alpha value is -0.0800. The van der Waals surface area contributed by atoms with Crippen LogP contribution < -0.4 is 5.32 Å². The highest BCUT2D eigenvalue weighted by Crippen LogP contribution is 2.23. The molecule has 1 aliphatic rings. The second-order valence-corrected chi connectivity index (χ2v) is 4.45. The average Bonchev–Trinajstić information content (AvgIpc) is 2.60. The molecule has 0 aromatic heterocycles. The molecule has 2 nitrogen and oxygen atoms in total. The Balaban J connectivity index is 2.23. The quantitative estimate of drug-likeness (QED) is 0.664. The maximum Gasteiger partial charge on any atom is 0.0732 e. The SMILES string of the molecule is CCCCCC(NC)C1CCC(C)O1. The van der Waals surface area contributed by atoms with Crippen LogP contribution in [-0.4, -0.2) is 25.3 Å². The maximum atomic E-state index is 5.88. The van der Waals surface area contributed by atoms with Crippen LogP contribution in [0.25, 0.3) is 0 Å². The van der Waals surface area contributed by atoms with Crippen molar-refractivity contribution in [1.29, 1.82) is 0 Å². The average molecular weight is 199 g/mol. The van der Waals surface area contributed by atoms with Gasteiger partial charge in [-0.3, -0.25) is 0 Å². The molecule has 3 unspecified atom stereocenters. The van der Waals surface area contributed by atoms with Crippen LogP contribution >= 0.6 is 0 Å². The van der Waals surface area contributed by atoms with Gasteiger partial charge in [-0.2, -0.15) is 0 Å². The van der Waals surface area contributed by atoms with Crippen molar-refractivity contribution in [1.82, 2.24) is 5.32 Å². The van der Waals surface area contributed by atoms with Gasteiger partial charge in [-0.15, -0.1) is 0 Å². The summed E-state index contributed by atoms with van der Waals surface area (Å²) < 4.78 is 5.88. The molecule has 3 atom stereocenters. The van der Waals surface area contributed by atoms with Crippen LogP contribution in [0.5, 0.6) is 0 Å². The van der Waals surface area contributed by atoms with Gasteiger partial charge in [0.15, 0.2) is 0 Å². The van der Waals surface area contributed by atoms with Gasteiger partial charge in [0.2, 0.25) is 0 Å². The Bertz CT molecular complexity index is 149. The summed E-state index contributed by atoms with van der Waals surface area (Å²) in [6.45, 7) is 4.43. The lowest BCUT2D eigenvalue weighted by atomic mass is 10.0. The zero-order valence-electron chi connectivity index (χ0n) is 9.88. The summed E-state index contributed by atoms with van der Waals surface area (Å²) in [6.07, 6.45) is 8.65. The molecule has 0 bridgehead atoms. The lowest BCUT2D eigenvalue weighted by molar-refractivity contribution is 0.0312. The summed E-state index contributed by atoms with van der Waals surface area (Å²) in [7, 11) is 2.06. The van der Waals surface area contributed by atoms with E-state index in [4.69, 9.17) is 4.74 Å². The van der Waals surface area contributed by atoms with E-state index in [-0.39, 0.29) is 0 Å². The van der Waals surface area contributed by atoms with Crippen molar-refractivity contribution in [3.05, 3.63) is 0 Å². The Morgan fingerprint density at radius 1 is 1.36 bits per heavy atom. The molecule has 84 valence electrons. The molecule has 1 N–H and O–H groups in total. The monoisotopic (exact) mass is 199 g/mol. The summed E-state index contributed by atoms with van der Waals surface area (Å²) in [4.78, 5) is 0. The number of hydrogen-bond donors (Lipinski definition) is 1. The normalized spacial score (nSPS) is 29.4. The first kappa shape index (κ1) is 12.0. The molecule has 1 heterocycles. The van der Waals surface area contributed by atoms with E-state index in [9.17, 15) is 0 Å². The van der Waals surface area contributed by atoms with Gasteiger partial charge >= 0.3 is 0 Å². The summed E-state index contributed by atoms with van der Waals surface area (Å²) in [6, 6.07) is 0.575. The van der Waals surface area contributed by atoms with Crippen LogP contribution in [-0.2, 0) is 4.74 Å². The third-order valence-electron chi connectivity index (χ3n) is 3.20. The number of rotatable bonds is 6. The minimum atomic E-state index is 0.465. The Morgan fingerprint density at radius 2 is 2.14 bits per heavy atom. The third kappa shape index (κ3) is 3.58. The van der Waals surface area contributed by atoms with Crippen molar-refractivity contribution in [3.8, 4) is 0 Å². The molecule has 1 aliphatic heterocycles. The standard InChI is InChI=1S/C12H25NO/c1-4-5-6-7-11(13-3)12-9-8-10(2)14-12/h10-13H,4-9H2,1-3H3. The van der Waals surface area contributed by atoms with Crippen LogP contribution in [0.15, 0.2) is 0 Å². The van der Waals surface area contributed by atoms with Crippen LogP contribution in [0.4, 0.5) is 0 Å². The smallest absolute Gasteiger partial charge is 0.0732 e. The first-order valence-electron chi connectivity index (χ1n) is 6.10. The lowest BCUT2D eigenvalue weighted by Crippen LogP contribution is -2.37. The zero-order chi connectivity index (χ0) is 10.4. The molecule has 2 heteroatoms. The summed E-state index contributed by atoms with van der Waals surface area (Å²) in [5.74, 6) is 0. The summed E-state index contributed by atoms with van der Waals surface area (Å²) in [5.41, 5.74) is 0. The molecule has 0 spiro atoms.